The summed E-state index contributed by atoms with van der Waals surface area (Å²) >= 11 is 7.24. The molecule has 0 radical (unpaired) electrons. The lowest BCUT2D eigenvalue weighted by Crippen LogP contribution is -2.10. The number of halogens is 2. The number of aryl methyl sites for hydroxylation is 5. The molecule has 7 aromatic rings. The zero-order chi connectivity index (χ0) is 37.8. The van der Waals surface area contributed by atoms with Crippen LogP contribution >= 0.6 is 31.9 Å². The van der Waals surface area contributed by atoms with Gasteiger partial charge in [-0.15, -0.1) is 0 Å². The first kappa shape index (κ1) is 37.6. The van der Waals surface area contributed by atoms with Gasteiger partial charge in [-0.3, -0.25) is 0 Å². The lowest BCUT2D eigenvalue weighted by molar-refractivity contribution is 0.922. The fourth-order valence-corrected chi connectivity index (χ4v) is 8.38. The van der Waals surface area contributed by atoms with Gasteiger partial charge in [-0.1, -0.05) is 144 Å². The summed E-state index contributed by atoms with van der Waals surface area (Å²) in [5.74, 6) is 0. The van der Waals surface area contributed by atoms with Crippen LogP contribution in [-0.2, 0) is 19.3 Å². The number of hydrogen-bond donors (Lipinski definition) is 0. The van der Waals surface area contributed by atoms with Crippen molar-refractivity contribution in [1.29, 1.82) is 0 Å². The normalized spacial score (nSPS) is 11.2. The van der Waals surface area contributed by atoms with Crippen LogP contribution in [0.2, 0.25) is 0 Å². The molecular formula is C51H47Br2N. The van der Waals surface area contributed by atoms with Gasteiger partial charge in [0.25, 0.3) is 0 Å². The summed E-state index contributed by atoms with van der Waals surface area (Å²) in [4.78, 5) is 2.38. The Morgan fingerprint density at radius 3 is 1.26 bits per heavy atom. The van der Waals surface area contributed by atoms with E-state index in [1.165, 1.54) is 72.3 Å². The molecule has 0 atom stereocenters. The first-order valence-corrected chi connectivity index (χ1v) is 20.7. The van der Waals surface area contributed by atoms with E-state index in [0.29, 0.717) is 0 Å². The maximum Gasteiger partial charge on any atom is 0.0464 e. The van der Waals surface area contributed by atoms with Gasteiger partial charge < -0.3 is 4.90 Å². The molecule has 3 heteroatoms. The summed E-state index contributed by atoms with van der Waals surface area (Å²) in [5, 5.41) is 0. The summed E-state index contributed by atoms with van der Waals surface area (Å²) in [7, 11) is 0. The van der Waals surface area contributed by atoms with E-state index in [1.807, 2.05) is 0 Å². The Morgan fingerprint density at radius 1 is 0.407 bits per heavy atom. The third-order valence-electron chi connectivity index (χ3n) is 10.6. The average molecular weight is 834 g/mol. The van der Waals surface area contributed by atoms with Gasteiger partial charge >= 0.3 is 0 Å². The molecule has 0 amide bonds. The Balaban J connectivity index is 1.28. The van der Waals surface area contributed by atoms with E-state index in [1.54, 1.807) is 0 Å². The highest BCUT2D eigenvalue weighted by Gasteiger charge is 2.18. The van der Waals surface area contributed by atoms with Gasteiger partial charge in [0.15, 0.2) is 0 Å². The maximum atomic E-state index is 3.66. The van der Waals surface area contributed by atoms with Gasteiger partial charge in [0, 0.05) is 26.0 Å². The molecule has 0 aliphatic carbocycles. The molecule has 0 saturated carbocycles. The van der Waals surface area contributed by atoms with E-state index >= 15 is 0 Å². The molecule has 0 heterocycles. The van der Waals surface area contributed by atoms with E-state index in [0.717, 1.165) is 51.7 Å². The molecular weight excluding hydrogens is 786 g/mol. The molecule has 0 aliphatic heterocycles. The number of benzene rings is 7. The second kappa shape index (κ2) is 16.8. The van der Waals surface area contributed by atoms with Crippen molar-refractivity contribution in [2.24, 2.45) is 0 Å². The third-order valence-corrected chi connectivity index (χ3v) is 11.6. The summed E-state index contributed by atoms with van der Waals surface area (Å²) in [6, 6.07) is 54.0. The molecule has 270 valence electrons. The minimum Gasteiger partial charge on any atom is -0.310 e. The highest BCUT2D eigenvalue weighted by molar-refractivity contribution is 9.10. The quantitative estimate of drug-likeness (QED) is 0.125. The molecule has 0 bridgehead atoms. The first-order chi connectivity index (χ1) is 26.3. The molecule has 7 aromatic carbocycles. The largest absolute Gasteiger partial charge is 0.310 e. The monoisotopic (exact) mass is 831 g/mol. The fourth-order valence-electron chi connectivity index (χ4n) is 7.64. The molecule has 0 unspecified atom stereocenters. The molecule has 0 saturated heterocycles. The lowest BCUT2D eigenvalue weighted by Gasteiger charge is -2.27. The van der Waals surface area contributed by atoms with Crippen molar-refractivity contribution in [3.63, 3.8) is 0 Å². The van der Waals surface area contributed by atoms with Crippen LogP contribution in [0.1, 0.15) is 55.0 Å². The Hall–Kier alpha value is -4.70. The Morgan fingerprint density at radius 2 is 0.815 bits per heavy atom. The van der Waals surface area contributed by atoms with E-state index in [4.69, 9.17) is 0 Å². The zero-order valence-corrected chi connectivity index (χ0v) is 35.1. The smallest absolute Gasteiger partial charge is 0.0464 e. The topological polar surface area (TPSA) is 3.24 Å². The predicted octanol–water partition coefficient (Wildman–Crippen LogP) is 16.0. The van der Waals surface area contributed by atoms with Crippen LogP contribution in [0.25, 0.3) is 44.5 Å². The summed E-state index contributed by atoms with van der Waals surface area (Å²) in [6.07, 6.45) is 4.21. The van der Waals surface area contributed by atoms with Crippen LogP contribution in [0.15, 0.2) is 155 Å². The van der Waals surface area contributed by atoms with Crippen molar-refractivity contribution in [3.05, 3.63) is 182 Å². The van der Waals surface area contributed by atoms with E-state index in [2.05, 4.69) is 217 Å². The summed E-state index contributed by atoms with van der Waals surface area (Å²) in [6.45, 7) is 11.2. The zero-order valence-electron chi connectivity index (χ0n) is 31.9. The van der Waals surface area contributed by atoms with Crippen LogP contribution < -0.4 is 4.90 Å². The van der Waals surface area contributed by atoms with Crippen molar-refractivity contribution >= 4 is 48.9 Å². The number of anilines is 3. The Labute approximate surface area is 339 Å². The molecule has 7 rings (SSSR count). The van der Waals surface area contributed by atoms with E-state index in [-0.39, 0.29) is 0 Å². The van der Waals surface area contributed by atoms with Crippen molar-refractivity contribution in [3.8, 4) is 44.5 Å². The molecule has 0 fully saturated rings. The predicted molar refractivity (Wildman–Crippen MR) is 240 cm³/mol. The van der Waals surface area contributed by atoms with Crippen molar-refractivity contribution < 1.29 is 0 Å². The second-order valence-corrected chi connectivity index (χ2v) is 16.0. The standard InChI is InChI=1S/C51H47Br2N/c1-6-9-36-10-12-39(13-11-36)41-16-23-45(24-17-41)54(46-25-18-42(19-26-46)40-14-20-43(52)21-15-40)47-27-29-49(35(5)31-47)51-33-37(7-2)50(32-38(51)8-3)48-28-22-44(53)30-34(48)4/h10-33H,6-9H2,1-5H3. The maximum absolute atomic E-state index is 3.66. The van der Waals surface area contributed by atoms with Gasteiger partial charge in [-0.25, -0.2) is 0 Å². The van der Waals surface area contributed by atoms with Crippen LogP contribution in [0.4, 0.5) is 17.1 Å². The minimum atomic E-state index is 0.966. The minimum absolute atomic E-state index is 0.966. The summed E-state index contributed by atoms with van der Waals surface area (Å²) < 4.78 is 2.20. The van der Waals surface area contributed by atoms with Gasteiger partial charge in [-0.05, 0) is 166 Å². The number of nitrogens with zero attached hydrogens (tertiary/aromatic N) is 1. The average Bonchev–Trinajstić information content (AvgIpc) is 3.19. The second-order valence-electron chi connectivity index (χ2n) is 14.2. The lowest BCUT2D eigenvalue weighted by atomic mass is 9.86. The third kappa shape index (κ3) is 8.04. The fraction of sp³-hybridized carbons (Fsp3) is 0.176. The van der Waals surface area contributed by atoms with Crippen LogP contribution in [0, 0.1) is 13.8 Å². The highest BCUT2D eigenvalue weighted by atomic mass is 79.9. The Bertz CT molecular complexity index is 2370. The highest BCUT2D eigenvalue weighted by Crippen LogP contribution is 2.41. The SMILES string of the molecule is CCCc1ccc(-c2ccc(N(c3ccc(-c4ccc(Br)cc4)cc3)c3ccc(-c4cc(CC)c(-c5ccc(Br)cc5C)cc4CC)c(C)c3)cc2)cc1. The molecule has 0 aliphatic rings. The van der Waals surface area contributed by atoms with Crippen molar-refractivity contribution in [2.45, 2.75) is 60.3 Å². The van der Waals surface area contributed by atoms with Crippen molar-refractivity contribution in [1.82, 2.24) is 0 Å². The first-order valence-electron chi connectivity index (χ1n) is 19.1. The molecule has 0 aromatic heterocycles. The van der Waals surface area contributed by atoms with Crippen LogP contribution in [0.5, 0.6) is 0 Å². The number of rotatable bonds is 11. The van der Waals surface area contributed by atoms with Gasteiger partial charge in [0.2, 0.25) is 0 Å². The Kier molecular flexibility index (Phi) is 11.7. The van der Waals surface area contributed by atoms with Gasteiger partial charge in [0.05, 0.1) is 0 Å². The van der Waals surface area contributed by atoms with E-state index < -0.39 is 0 Å². The van der Waals surface area contributed by atoms with Gasteiger partial charge in [-0.2, -0.15) is 0 Å². The van der Waals surface area contributed by atoms with Gasteiger partial charge in [0.1, 0.15) is 0 Å². The number of hydrogen-bond acceptors (Lipinski definition) is 1. The summed E-state index contributed by atoms with van der Waals surface area (Å²) in [5.41, 5.74) is 20.2. The molecule has 1 nitrogen and oxygen atoms in total. The molecule has 0 N–H and O–H groups in total. The van der Waals surface area contributed by atoms with Crippen molar-refractivity contribution in [2.75, 3.05) is 4.90 Å². The van der Waals surface area contributed by atoms with Crippen LogP contribution in [-0.4, -0.2) is 0 Å². The van der Waals surface area contributed by atoms with E-state index in [9.17, 15) is 0 Å². The van der Waals surface area contributed by atoms with Crippen LogP contribution in [0.3, 0.4) is 0 Å². The molecule has 0 spiro atoms. The molecule has 54 heavy (non-hydrogen) atoms.